The quantitative estimate of drug-likeness (QED) is 0.651. The van der Waals surface area contributed by atoms with Crippen LogP contribution in [-0.2, 0) is 10.0 Å². The van der Waals surface area contributed by atoms with Crippen LogP contribution in [0, 0.1) is 0 Å². The Morgan fingerprint density at radius 2 is 1.80 bits per heavy atom. The predicted molar refractivity (Wildman–Crippen MR) is 79.5 cm³/mol. The minimum absolute atomic E-state index is 0.0703. The number of carbonyl (C=O) groups is 1. The van der Waals surface area contributed by atoms with Crippen LogP contribution in [0.25, 0.3) is 0 Å². The number of piperazine rings is 1. The summed E-state index contributed by atoms with van der Waals surface area (Å²) in [6.45, 7) is 3.61. The van der Waals surface area contributed by atoms with Crippen molar-refractivity contribution in [3.05, 3.63) is 23.8 Å². The molecule has 0 amide bonds. The molecule has 0 spiro atoms. The predicted octanol–water partition coefficient (Wildman–Crippen LogP) is 0.553. The maximum Gasteiger partial charge on any atom is 0.211 e. The number of hydrogen-bond donors (Lipinski definition) is 1. The van der Waals surface area contributed by atoms with Gasteiger partial charge in [0, 0.05) is 43.1 Å². The van der Waals surface area contributed by atoms with E-state index in [0.717, 1.165) is 5.69 Å². The fraction of sp³-hybridized carbons (Fsp3) is 0.462. The van der Waals surface area contributed by atoms with Crippen LogP contribution in [0.1, 0.15) is 17.3 Å². The molecule has 1 heterocycles. The molecule has 1 aromatic carbocycles. The number of anilines is 2. The van der Waals surface area contributed by atoms with E-state index in [-0.39, 0.29) is 5.78 Å². The third kappa shape index (κ3) is 3.10. The van der Waals surface area contributed by atoms with Crippen molar-refractivity contribution < 1.29 is 13.2 Å². The first-order valence-corrected chi connectivity index (χ1v) is 8.24. The van der Waals surface area contributed by atoms with E-state index < -0.39 is 10.0 Å². The Morgan fingerprint density at radius 1 is 1.20 bits per heavy atom. The van der Waals surface area contributed by atoms with E-state index in [0.29, 0.717) is 37.4 Å². The molecule has 0 unspecified atom stereocenters. The van der Waals surface area contributed by atoms with Crippen LogP contribution in [0.3, 0.4) is 0 Å². The first kappa shape index (κ1) is 14.8. The third-order valence-electron chi connectivity index (χ3n) is 3.49. The summed E-state index contributed by atoms with van der Waals surface area (Å²) < 4.78 is 24.4. The molecule has 20 heavy (non-hydrogen) atoms. The number of Topliss-reactive ketones (excluding diaryl/α,β-unsaturated/α-hetero) is 1. The zero-order valence-electron chi connectivity index (χ0n) is 11.7. The lowest BCUT2D eigenvalue weighted by molar-refractivity contribution is 0.101. The molecular formula is C13H19N3O3S. The van der Waals surface area contributed by atoms with Gasteiger partial charge in [-0.2, -0.15) is 4.31 Å². The SMILES string of the molecule is CC(=O)c1cc(N2CCN(S(C)(=O)=O)CC2)ccc1N. The van der Waals surface area contributed by atoms with Gasteiger partial charge in [-0.15, -0.1) is 0 Å². The minimum Gasteiger partial charge on any atom is -0.398 e. The van der Waals surface area contributed by atoms with E-state index in [1.807, 2.05) is 6.07 Å². The Bertz CT molecular complexity index is 620. The van der Waals surface area contributed by atoms with Crippen LogP contribution in [0.15, 0.2) is 18.2 Å². The van der Waals surface area contributed by atoms with Gasteiger partial charge in [0.2, 0.25) is 10.0 Å². The summed E-state index contributed by atoms with van der Waals surface area (Å²) in [5.74, 6) is -0.0703. The third-order valence-corrected chi connectivity index (χ3v) is 4.79. The fourth-order valence-electron chi connectivity index (χ4n) is 2.32. The normalized spacial score (nSPS) is 17.2. The van der Waals surface area contributed by atoms with Crippen molar-refractivity contribution in [3.63, 3.8) is 0 Å². The maximum absolute atomic E-state index is 11.5. The molecule has 0 atom stereocenters. The van der Waals surface area contributed by atoms with E-state index in [1.165, 1.54) is 17.5 Å². The molecule has 0 bridgehead atoms. The number of nitrogen functional groups attached to an aromatic ring is 1. The van der Waals surface area contributed by atoms with Crippen LogP contribution in [0.5, 0.6) is 0 Å². The molecule has 1 aromatic rings. The molecule has 0 radical (unpaired) electrons. The topological polar surface area (TPSA) is 83.7 Å². The number of nitrogens with two attached hydrogens (primary N) is 1. The lowest BCUT2D eigenvalue weighted by Crippen LogP contribution is -2.48. The summed E-state index contributed by atoms with van der Waals surface area (Å²) in [5, 5.41) is 0. The van der Waals surface area contributed by atoms with E-state index in [2.05, 4.69) is 4.90 Å². The summed E-state index contributed by atoms with van der Waals surface area (Å²) in [6, 6.07) is 5.35. The van der Waals surface area contributed by atoms with Gasteiger partial charge in [0.05, 0.1) is 6.26 Å². The second-order valence-corrected chi connectivity index (χ2v) is 6.96. The van der Waals surface area contributed by atoms with Gasteiger partial charge in [-0.1, -0.05) is 0 Å². The highest BCUT2D eigenvalue weighted by molar-refractivity contribution is 7.88. The Balaban J connectivity index is 2.15. The number of carbonyl (C=O) groups excluding carboxylic acids is 1. The summed E-state index contributed by atoms with van der Waals surface area (Å²) in [7, 11) is -3.13. The minimum atomic E-state index is -3.13. The van der Waals surface area contributed by atoms with E-state index >= 15 is 0 Å². The second-order valence-electron chi connectivity index (χ2n) is 4.98. The summed E-state index contributed by atoms with van der Waals surface area (Å²) in [6.07, 6.45) is 1.22. The molecule has 2 N–H and O–H groups in total. The Kier molecular flexibility index (Phi) is 4.01. The largest absolute Gasteiger partial charge is 0.398 e. The molecule has 2 rings (SSSR count). The Labute approximate surface area is 119 Å². The monoisotopic (exact) mass is 297 g/mol. The lowest BCUT2D eigenvalue weighted by atomic mass is 10.1. The molecule has 1 aliphatic heterocycles. The van der Waals surface area contributed by atoms with Gasteiger partial charge in [-0.25, -0.2) is 8.42 Å². The van der Waals surface area contributed by atoms with Crippen molar-refractivity contribution in [2.75, 3.05) is 43.1 Å². The van der Waals surface area contributed by atoms with Gasteiger partial charge in [-0.3, -0.25) is 4.79 Å². The van der Waals surface area contributed by atoms with Crippen LogP contribution in [-0.4, -0.2) is 50.9 Å². The smallest absolute Gasteiger partial charge is 0.211 e. The lowest BCUT2D eigenvalue weighted by Gasteiger charge is -2.35. The number of sulfonamides is 1. The van der Waals surface area contributed by atoms with Gasteiger partial charge in [0.25, 0.3) is 0 Å². The first-order valence-electron chi connectivity index (χ1n) is 6.39. The molecule has 0 saturated carbocycles. The molecule has 1 aliphatic rings. The number of rotatable bonds is 3. The highest BCUT2D eigenvalue weighted by Gasteiger charge is 2.23. The van der Waals surface area contributed by atoms with E-state index in [9.17, 15) is 13.2 Å². The molecule has 0 aliphatic carbocycles. The van der Waals surface area contributed by atoms with Gasteiger partial charge >= 0.3 is 0 Å². The number of ketones is 1. The van der Waals surface area contributed by atoms with E-state index in [4.69, 9.17) is 5.73 Å². The first-order chi connectivity index (χ1) is 9.29. The molecule has 0 aromatic heterocycles. The van der Waals surface area contributed by atoms with Crippen molar-refractivity contribution in [1.82, 2.24) is 4.31 Å². The van der Waals surface area contributed by atoms with Crippen LogP contribution in [0.4, 0.5) is 11.4 Å². The fourth-order valence-corrected chi connectivity index (χ4v) is 3.15. The molecule has 1 saturated heterocycles. The number of nitrogens with zero attached hydrogens (tertiary/aromatic N) is 2. The van der Waals surface area contributed by atoms with Gasteiger partial charge in [-0.05, 0) is 25.1 Å². The summed E-state index contributed by atoms with van der Waals surface area (Å²) >= 11 is 0. The van der Waals surface area contributed by atoms with E-state index in [1.54, 1.807) is 12.1 Å². The molecular weight excluding hydrogens is 278 g/mol. The van der Waals surface area contributed by atoms with Crippen molar-refractivity contribution in [2.45, 2.75) is 6.92 Å². The summed E-state index contributed by atoms with van der Waals surface area (Å²) in [5.41, 5.74) is 7.65. The molecule has 1 fully saturated rings. The van der Waals surface area contributed by atoms with Crippen molar-refractivity contribution in [1.29, 1.82) is 0 Å². The van der Waals surface area contributed by atoms with Crippen LogP contribution < -0.4 is 10.6 Å². The molecule has 7 heteroatoms. The van der Waals surface area contributed by atoms with Crippen molar-refractivity contribution in [2.24, 2.45) is 0 Å². The molecule has 110 valence electrons. The Morgan fingerprint density at radius 3 is 2.30 bits per heavy atom. The average Bonchev–Trinajstić information content (AvgIpc) is 2.38. The summed E-state index contributed by atoms with van der Waals surface area (Å²) in [4.78, 5) is 13.6. The van der Waals surface area contributed by atoms with Gasteiger partial charge < -0.3 is 10.6 Å². The van der Waals surface area contributed by atoms with Crippen LogP contribution in [0.2, 0.25) is 0 Å². The highest BCUT2D eigenvalue weighted by Crippen LogP contribution is 2.23. The zero-order chi connectivity index (χ0) is 14.9. The number of hydrogen-bond acceptors (Lipinski definition) is 5. The average molecular weight is 297 g/mol. The number of benzene rings is 1. The Hall–Kier alpha value is -1.60. The molecule has 6 nitrogen and oxygen atoms in total. The highest BCUT2D eigenvalue weighted by atomic mass is 32.2. The van der Waals surface area contributed by atoms with Crippen molar-refractivity contribution >= 4 is 27.2 Å². The van der Waals surface area contributed by atoms with Gasteiger partial charge in [0.15, 0.2) is 5.78 Å². The zero-order valence-corrected chi connectivity index (χ0v) is 12.5. The second kappa shape index (κ2) is 5.41. The standard InChI is InChI=1S/C13H19N3O3S/c1-10(17)12-9-11(3-4-13(12)14)15-5-7-16(8-6-15)20(2,18)19/h3-4,9H,5-8,14H2,1-2H3. The maximum atomic E-state index is 11.5. The van der Waals surface area contributed by atoms with Crippen LogP contribution >= 0.6 is 0 Å². The van der Waals surface area contributed by atoms with Crippen molar-refractivity contribution in [3.8, 4) is 0 Å². The van der Waals surface area contributed by atoms with Gasteiger partial charge in [0.1, 0.15) is 0 Å².